The molecule has 6 nitrogen and oxygen atoms in total. The Kier molecular flexibility index (Phi) is 4.98. The first-order valence-electron chi connectivity index (χ1n) is 6.86. The van der Waals surface area contributed by atoms with Gasteiger partial charge in [-0.25, -0.2) is 9.59 Å². The number of rotatable bonds is 6. The molecule has 2 aromatic rings. The molecule has 0 saturated heterocycles. The fourth-order valence-corrected chi connectivity index (χ4v) is 2.01. The quantitative estimate of drug-likeness (QED) is 0.621. The van der Waals surface area contributed by atoms with Crippen LogP contribution in [0.1, 0.15) is 11.1 Å². The van der Waals surface area contributed by atoms with Gasteiger partial charge in [0.25, 0.3) is 0 Å². The number of carbonyl (C=O) groups excluding carboxylic acids is 1. The molecule has 3 N–H and O–H groups in total. The van der Waals surface area contributed by atoms with E-state index >= 15 is 0 Å². The van der Waals surface area contributed by atoms with Crippen molar-refractivity contribution in [1.29, 1.82) is 0 Å². The fraction of sp³-hybridized carbons (Fsp3) is 0.176. The first-order valence-corrected chi connectivity index (χ1v) is 6.86. The van der Waals surface area contributed by atoms with Gasteiger partial charge in [0.2, 0.25) is 5.54 Å². The highest BCUT2D eigenvalue weighted by Crippen LogP contribution is 2.21. The Hall–Kier alpha value is -2.86. The van der Waals surface area contributed by atoms with Crippen molar-refractivity contribution in [2.75, 3.05) is 7.11 Å². The Labute approximate surface area is 133 Å². The molecule has 0 aromatic heterocycles. The van der Waals surface area contributed by atoms with Gasteiger partial charge in [-0.3, -0.25) is 0 Å². The Balaban J connectivity index is 2.14. The van der Waals surface area contributed by atoms with Crippen molar-refractivity contribution in [2.45, 2.75) is 12.1 Å². The molecule has 0 aliphatic heterocycles. The molecule has 0 bridgehead atoms. The molecule has 0 radical (unpaired) electrons. The number of carboxylic acid groups (broad SMARTS) is 1. The van der Waals surface area contributed by atoms with Crippen LogP contribution in [0.4, 0.5) is 0 Å². The number of nitrogens with two attached hydrogens (primary N) is 1. The average molecular weight is 315 g/mol. The zero-order valence-corrected chi connectivity index (χ0v) is 12.6. The Morgan fingerprint density at radius 3 is 2.22 bits per heavy atom. The minimum Gasteiger partial charge on any atom is -0.497 e. The van der Waals surface area contributed by atoms with Crippen LogP contribution in [0.25, 0.3) is 0 Å². The lowest BCUT2D eigenvalue weighted by atomic mass is 9.91. The van der Waals surface area contributed by atoms with E-state index in [4.69, 9.17) is 15.2 Å². The van der Waals surface area contributed by atoms with Gasteiger partial charge < -0.3 is 20.3 Å². The maximum Gasteiger partial charge on any atom is 0.342 e. The lowest BCUT2D eigenvalue weighted by molar-refractivity contribution is -0.162. The summed E-state index contributed by atoms with van der Waals surface area (Å²) in [4.78, 5) is 23.8. The van der Waals surface area contributed by atoms with Crippen molar-refractivity contribution in [3.63, 3.8) is 0 Å². The summed E-state index contributed by atoms with van der Waals surface area (Å²) in [7, 11) is 1.55. The van der Waals surface area contributed by atoms with Gasteiger partial charge in [-0.15, -0.1) is 0 Å². The molecule has 0 fully saturated rings. The monoisotopic (exact) mass is 315 g/mol. The van der Waals surface area contributed by atoms with Crippen LogP contribution in [0.15, 0.2) is 54.6 Å². The number of ether oxygens (including phenoxy) is 2. The van der Waals surface area contributed by atoms with Crippen molar-refractivity contribution in [3.8, 4) is 5.75 Å². The lowest BCUT2D eigenvalue weighted by Gasteiger charge is -2.23. The van der Waals surface area contributed by atoms with Crippen LogP contribution < -0.4 is 10.5 Å². The van der Waals surface area contributed by atoms with E-state index in [1.54, 1.807) is 49.6 Å². The second kappa shape index (κ2) is 6.93. The number of carboxylic acids is 1. The standard InChI is InChI=1S/C17H17NO5/c1-22-14-9-7-12(8-10-14)11-23-16(21)17(18,15(19)20)13-5-3-2-4-6-13/h2-10H,11,18H2,1H3,(H,19,20). The largest absolute Gasteiger partial charge is 0.497 e. The van der Waals surface area contributed by atoms with Crippen LogP contribution in [0.3, 0.4) is 0 Å². The number of carbonyl (C=O) groups is 2. The van der Waals surface area contributed by atoms with Gasteiger partial charge in [-0.05, 0) is 23.3 Å². The normalized spacial score (nSPS) is 13.0. The smallest absolute Gasteiger partial charge is 0.342 e. The summed E-state index contributed by atoms with van der Waals surface area (Å²) < 4.78 is 10.1. The van der Waals surface area contributed by atoms with E-state index in [0.717, 1.165) is 0 Å². The molecule has 6 heteroatoms. The Morgan fingerprint density at radius 1 is 1.09 bits per heavy atom. The highest BCUT2D eigenvalue weighted by molar-refractivity contribution is 6.04. The van der Waals surface area contributed by atoms with E-state index in [2.05, 4.69) is 0 Å². The third-order valence-electron chi connectivity index (χ3n) is 3.42. The molecule has 2 rings (SSSR count). The molecule has 0 spiro atoms. The van der Waals surface area contributed by atoms with Gasteiger partial charge in [0.05, 0.1) is 7.11 Å². The number of hydrogen-bond donors (Lipinski definition) is 2. The summed E-state index contributed by atoms with van der Waals surface area (Å²) in [5.74, 6) is -1.82. The van der Waals surface area contributed by atoms with E-state index in [1.807, 2.05) is 0 Å². The van der Waals surface area contributed by atoms with Gasteiger partial charge in [-0.2, -0.15) is 0 Å². The fourth-order valence-electron chi connectivity index (χ4n) is 2.01. The molecule has 1 unspecified atom stereocenters. The molecule has 0 saturated carbocycles. The van der Waals surface area contributed by atoms with Crippen molar-refractivity contribution in [3.05, 3.63) is 65.7 Å². The van der Waals surface area contributed by atoms with Gasteiger partial charge in [0, 0.05) is 0 Å². The first-order chi connectivity index (χ1) is 11.0. The molecule has 1 atom stereocenters. The van der Waals surface area contributed by atoms with Crippen molar-refractivity contribution >= 4 is 11.9 Å². The van der Waals surface area contributed by atoms with E-state index in [-0.39, 0.29) is 12.2 Å². The van der Waals surface area contributed by atoms with Crippen LogP contribution in [0.5, 0.6) is 5.75 Å². The van der Waals surface area contributed by atoms with Gasteiger partial charge in [0.15, 0.2) is 0 Å². The first kappa shape index (κ1) is 16.5. The van der Waals surface area contributed by atoms with Gasteiger partial charge in [-0.1, -0.05) is 42.5 Å². The molecule has 0 amide bonds. The van der Waals surface area contributed by atoms with Crippen LogP contribution in [0, 0.1) is 0 Å². The number of aliphatic carboxylic acids is 1. The zero-order valence-electron chi connectivity index (χ0n) is 12.6. The summed E-state index contributed by atoms with van der Waals surface area (Å²) >= 11 is 0. The van der Waals surface area contributed by atoms with E-state index in [1.165, 1.54) is 12.1 Å². The van der Waals surface area contributed by atoms with E-state index in [9.17, 15) is 14.7 Å². The second-order valence-corrected chi connectivity index (χ2v) is 4.90. The number of methoxy groups -OCH3 is 1. The Bertz CT molecular complexity index is 684. The highest BCUT2D eigenvalue weighted by atomic mass is 16.5. The molecule has 0 heterocycles. The maximum absolute atomic E-state index is 12.3. The van der Waals surface area contributed by atoms with E-state index < -0.39 is 17.5 Å². The highest BCUT2D eigenvalue weighted by Gasteiger charge is 2.45. The molecule has 0 aliphatic carbocycles. The van der Waals surface area contributed by atoms with E-state index in [0.29, 0.717) is 11.3 Å². The number of hydrogen-bond acceptors (Lipinski definition) is 5. The molecular formula is C17H17NO5. The van der Waals surface area contributed by atoms with Crippen LogP contribution in [0.2, 0.25) is 0 Å². The maximum atomic E-state index is 12.3. The third kappa shape index (κ3) is 3.49. The van der Waals surface area contributed by atoms with Crippen molar-refractivity contribution < 1.29 is 24.2 Å². The summed E-state index contributed by atoms with van der Waals surface area (Å²) in [5, 5.41) is 9.38. The topological polar surface area (TPSA) is 98.9 Å². The predicted molar refractivity (Wildman–Crippen MR) is 82.7 cm³/mol. The number of benzene rings is 2. The molecule has 2 aromatic carbocycles. The zero-order chi connectivity index (χ0) is 16.9. The SMILES string of the molecule is COc1ccc(COC(=O)C(N)(C(=O)O)c2ccccc2)cc1. The van der Waals surface area contributed by atoms with Crippen LogP contribution in [-0.2, 0) is 26.5 Å². The number of esters is 1. The minimum atomic E-state index is -2.24. The van der Waals surface area contributed by atoms with Crippen LogP contribution in [-0.4, -0.2) is 24.2 Å². The Morgan fingerprint density at radius 2 is 1.70 bits per heavy atom. The third-order valence-corrected chi connectivity index (χ3v) is 3.42. The minimum absolute atomic E-state index is 0.0815. The molecule has 0 aliphatic rings. The second-order valence-electron chi connectivity index (χ2n) is 4.90. The lowest BCUT2D eigenvalue weighted by Crippen LogP contribution is -2.52. The average Bonchev–Trinajstić information content (AvgIpc) is 2.59. The molecular weight excluding hydrogens is 298 g/mol. The summed E-state index contributed by atoms with van der Waals surface area (Å²) in [6.45, 7) is -0.0815. The summed E-state index contributed by atoms with van der Waals surface area (Å²) in [6, 6.07) is 14.7. The molecule has 120 valence electrons. The predicted octanol–water partition coefficient (Wildman–Crippen LogP) is 1.68. The summed E-state index contributed by atoms with van der Waals surface area (Å²) in [6.07, 6.45) is 0. The summed E-state index contributed by atoms with van der Waals surface area (Å²) in [5.41, 5.74) is 4.43. The van der Waals surface area contributed by atoms with Crippen molar-refractivity contribution in [2.24, 2.45) is 5.73 Å². The van der Waals surface area contributed by atoms with Crippen molar-refractivity contribution in [1.82, 2.24) is 0 Å². The van der Waals surface area contributed by atoms with Gasteiger partial charge >= 0.3 is 11.9 Å². The van der Waals surface area contributed by atoms with Gasteiger partial charge in [0.1, 0.15) is 12.4 Å². The molecule has 23 heavy (non-hydrogen) atoms. The van der Waals surface area contributed by atoms with Crippen LogP contribution >= 0.6 is 0 Å².